The number of benzene rings is 1. The first-order chi connectivity index (χ1) is 13.2. The van der Waals surface area contributed by atoms with E-state index in [0.29, 0.717) is 5.56 Å². The number of aliphatic imine (C=N–C) groups is 1. The predicted molar refractivity (Wildman–Crippen MR) is 128 cm³/mol. The summed E-state index contributed by atoms with van der Waals surface area (Å²) in [6, 6.07) is 11.6. The predicted octanol–water partition coefficient (Wildman–Crippen LogP) is 2.94. The van der Waals surface area contributed by atoms with Crippen molar-refractivity contribution in [3.05, 3.63) is 59.5 Å². The minimum atomic E-state index is -0.0660. The SMILES string of the molecule is CNC(=O)c1cccc(CCNC(=NCCSC)NCCc2ccco2)c1.I. The standard InChI is InChI=1S/C20H28N4O2S.HI/c1-21-19(25)17-6-3-5-16(15-17)8-10-22-20(24-12-14-27-2)23-11-9-18-7-4-13-26-18;/h3-7,13,15H,8-12,14H2,1-2H3,(H,21,25)(H2,22,23,24);1H. The average molecular weight is 516 g/mol. The van der Waals surface area contributed by atoms with Gasteiger partial charge in [0.1, 0.15) is 5.76 Å². The molecule has 1 heterocycles. The maximum Gasteiger partial charge on any atom is 0.251 e. The van der Waals surface area contributed by atoms with Crippen molar-refractivity contribution in [3.63, 3.8) is 0 Å². The van der Waals surface area contributed by atoms with Gasteiger partial charge < -0.3 is 20.4 Å². The molecule has 2 rings (SSSR count). The number of rotatable bonds is 10. The van der Waals surface area contributed by atoms with Gasteiger partial charge in [-0.25, -0.2) is 0 Å². The largest absolute Gasteiger partial charge is 0.469 e. The molecule has 0 spiro atoms. The summed E-state index contributed by atoms with van der Waals surface area (Å²) in [6.07, 6.45) is 5.39. The molecule has 1 aromatic heterocycles. The van der Waals surface area contributed by atoms with Crippen LogP contribution in [0.2, 0.25) is 0 Å². The van der Waals surface area contributed by atoms with E-state index in [1.165, 1.54) is 0 Å². The first kappa shape index (κ1) is 24.4. The van der Waals surface area contributed by atoms with Crippen molar-refractivity contribution in [2.75, 3.05) is 38.7 Å². The van der Waals surface area contributed by atoms with Gasteiger partial charge in [0.15, 0.2) is 5.96 Å². The number of guanidine groups is 1. The van der Waals surface area contributed by atoms with Crippen LogP contribution in [0.1, 0.15) is 21.7 Å². The second kappa shape index (κ2) is 14.3. The maximum absolute atomic E-state index is 11.7. The third-order valence-corrected chi connectivity index (χ3v) is 4.52. The molecule has 2 aromatic rings. The van der Waals surface area contributed by atoms with Crippen molar-refractivity contribution < 1.29 is 9.21 Å². The molecule has 0 atom stereocenters. The molecule has 0 aliphatic rings. The van der Waals surface area contributed by atoms with E-state index in [2.05, 4.69) is 27.2 Å². The Kier molecular flexibility index (Phi) is 12.5. The number of nitrogens with one attached hydrogen (secondary N) is 3. The van der Waals surface area contributed by atoms with Crippen molar-refractivity contribution >= 4 is 47.6 Å². The highest BCUT2D eigenvalue weighted by Crippen LogP contribution is 2.06. The Labute approximate surface area is 188 Å². The lowest BCUT2D eigenvalue weighted by Gasteiger charge is -2.12. The van der Waals surface area contributed by atoms with Crippen molar-refractivity contribution in [2.24, 2.45) is 4.99 Å². The van der Waals surface area contributed by atoms with Crippen LogP contribution in [0.5, 0.6) is 0 Å². The highest BCUT2D eigenvalue weighted by atomic mass is 127. The Morgan fingerprint density at radius 3 is 2.61 bits per heavy atom. The Morgan fingerprint density at radius 2 is 1.93 bits per heavy atom. The maximum atomic E-state index is 11.7. The third kappa shape index (κ3) is 9.01. The van der Waals surface area contributed by atoms with Crippen molar-refractivity contribution in [3.8, 4) is 0 Å². The van der Waals surface area contributed by atoms with E-state index in [1.54, 1.807) is 25.1 Å². The number of nitrogens with zero attached hydrogens (tertiary/aromatic N) is 1. The number of hydrogen-bond donors (Lipinski definition) is 3. The molecule has 3 N–H and O–H groups in total. The van der Waals surface area contributed by atoms with E-state index in [9.17, 15) is 4.79 Å². The summed E-state index contributed by atoms with van der Waals surface area (Å²) in [7, 11) is 1.64. The van der Waals surface area contributed by atoms with Crippen LogP contribution in [0.4, 0.5) is 0 Å². The van der Waals surface area contributed by atoms with Crippen LogP contribution in [-0.2, 0) is 12.8 Å². The summed E-state index contributed by atoms with van der Waals surface area (Å²) in [6.45, 7) is 2.26. The van der Waals surface area contributed by atoms with Crippen molar-refractivity contribution in [1.82, 2.24) is 16.0 Å². The zero-order valence-electron chi connectivity index (χ0n) is 16.4. The molecule has 0 bridgehead atoms. The summed E-state index contributed by atoms with van der Waals surface area (Å²) < 4.78 is 5.36. The second-order valence-corrected chi connectivity index (χ2v) is 6.92. The van der Waals surface area contributed by atoms with E-state index in [-0.39, 0.29) is 29.9 Å². The van der Waals surface area contributed by atoms with Gasteiger partial charge in [-0.15, -0.1) is 24.0 Å². The van der Waals surface area contributed by atoms with Gasteiger partial charge >= 0.3 is 0 Å². The summed E-state index contributed by atoms with van der Waals surface area (Å²) in [4.78, 5) is 16.3. The molecular formula is C20H29IN4O2S. The fourth-order valence-corrected chi connectivity index (χ4v) is 2.79. The number of hydrogen-bond acceptors (Lipinski definition) is 4. The van der Waals surface area contributed by atoms with E-state index in [4.69, 9.17) is 4.42 Å². The van der Waals surface area contributed by atoms with Crippen LogP contribution >= 0.6 is 35.7 Å². The molecule has 28 heavy (non-hydrogen) atoms. The van der Waals surface area contributed by atoms with Gasteiger partial charge in [0.25, 0.3) is 5.91 Å². The van der Waals surface area contributed by atoms with Gasteiger partial charge in [0.2, 0.25) is 0 Å². The number of thioether (sulfide) groups is 1. The first-order valence-electron chi connectivity index (χ1n) is 9.07. The number of amides is 1. The second-order valence-electron chi connectivity index (χ2n) is 5.94. The Hall–Kier alpha value is -1.68. The van der Waals surface area contributed by atoms with Crippen LogP contribution in [0.3, 0.4) is 0 Å². The quantitative estimate of drug-likeness (QED) is 0.196. The van der Waals surface area contributed by atoms with Gasteiger partial charge in [-0.2, -0.15) is 11.8 Å². The summed E-state index contributed by atoms with van der Waals surface area (Å²) in [5.74, 6) is 2.68. The van der Waals surface area contributed by atoms with Crippen LogP contribution in [0, 0.1) is 0 Å². The van der Waals surface area contributed by atoms with E-state index >= 15 is 0 Å². The van der Waals surface area contributed by atoms with Gasteiger partial charge in [0.05, 0.1) is 12.8 Å². The molecule has 0 saturated heterocycles. The van der Waals surface area contributed by atoms with E-state index < -0.39 is 0 Å². The fraction of sp³-hybridized carbons (Fsp3) is 0.400. The lowest BCUT2D eigenvalue weighted by Crippen LogP contribution is -2.39. The van der Waals surface area contributed by atoms with Gasteiger partial charge in [0, 0.05) is 37.9 Å². The van der Waals surface area contributed by atoms with Gasteiger partial charge in [-0.1, -0.05) is 12.1 Å². The number of carbonyl (C=O) groups excluding carboxylic acids is 1. The molecule has 0 fully saturated rings. The Morgan fingerprint density at radius 1 is 1.14 bits per heavy atom. The molecular weight excluding hydrogens is 487 g/mol. The average Bonchev–Trinajstić information content (AvgIpc) is 3.21. The Bertz CT molecular complexity index is 723. The molecule has 0 unspecified atom stereocenters. The molecule has 154 valence electrons. The molecule has 6 nitrogen and oxygen atoms in total. The summed E-state index contributed by atoms with van der Waals surface area (Å²) in [5.41, 5.74) is 1.79. The highest BCUT2D eigenvalue weighted by Gasteiger charge is 2.04. The topological polar surface area (TPSA) is 78.7 Å². The minimum absolute atomic E-state index is 0. The first-order valence-corrected chi connectivity index (χ1v) is 10.5. The molecule has 8 heteroatoms. The van der Waals surface area contributed by atoms with E-state index in [0.717, 1.165) is 55.5 Å². The smallest absolute Gasteiger partial charge is 0.251 e. The number of carbonyl (C=O) groups is 1. The molecule has 0 aliphatic heterocycles. The normalized spacial score (nSPS) is 10.9. The Balaban J connectivity index is 0.00000392. The van der Waals surface area contributed by atoms with Crippen LogP contribution in [0.25, 0.3) is 0 Å². The molecule has 0 radical (unpaired) electrons. The fourth-order valence-electron chi connectivity index (χ4n) is 2.52. The number of furan rings is 1. The molecule has 0 saturated carbocycles. The van der Waals surface area contributed by atoms with E-state index in [1.807, 2.05) is 36.4 Å². The van der Waals surface area contributed by atoms with Crippen LogP contribution in [-0.4, -0.2) is 50.6 Å². The lowest BCUT2D eigenvalue weighted by atomic mass is 10.1. The zero-order chi connectivity index (χ0) is 19.3. The van der Waals surface area contributed by atoms with Crippen LogP contribution in [0.15, 0.2) is 52.1 Å². The lowest BCUT2D eigenvalue weighted by molar-refractivity contribution is 0.0963. The monoisotopic (exact) mass is 516 g/mol. The molecule has 0 aliphatic carbocycles. The molecule has 1 aromatic carbocycles. The van der Waals surface area contributed by atoms with Gasteiger partial charge in [-0.05, 0) is 42.5 Å². The van der Waals surface area contributed by atoms with Crippen LogP contribution < -0.4 is 16.0 Å². The summed E-state index contributed by atoms with van der Waals surface area (Å²) in [5, 5.41) is 9.37. The molecule has 1 amide bonds. The van der Waals surface area contributed by atoms with Gasteiger partial charge in [-0.3, -0.25) is 9.79 Å². The highest BCUT2D eigenvalue weighted by molar-refractivity contribution is 14.0. The minimum Gasteiger partial charge on any atom is -0.469 e. The van der Waals surface area contributed by atoms with Crippen molar-refractivity contribution in [1.29, 1.82) is 0 Å². The van der Waals surface area contributed by atoms with Crippen molar-refractivity contribution in [2.45, 2.75) is 12.8 Å². The number of halogens is 1. The zero-order valence-corrected chi connectivity index (χ0v) is 19.5. The third-order valence-electron chi connectivity index (χ3n) is 3.93. The summed E-state index contributed by atoms with van der Waals surface area (Å²) >= 11 is 1.78.